The zero-order chi connectivity index (χ0) is 15.8. The third-order valence-electron chi connectivity index (χ3n) is 4.43. The van der Waals surface area contributed by atoms with Gasteiger partial charge in [0.2, 0.25) is 5.91 Å². The van der Waals surface area contributed by atoms with Crippen LogP contribution in [0.15, 0.2) is 0 Å². The molecular formula is C15H30N4OS. The SMILES string of the molecule is CCN1CCC(N(C)CCC(=O)N(C)CCC(N)=S)CC1. The molecule has 0 aromatic heterocycles. The molecule has 1 saturated heterocycles. The van der Waals surface area contributed by atoms with Gasteiger partial charge in [0, 0.05) is 39.0 Å². The van der Waals surface area contributed by atoms with Crippen molar-refractivity contribution < 1.29 is 4.79 Å². The molecule has 122 valence electrons. The molecule has 0 saturated carbocycles. The highest BCUT2D eigenvalue weighted by molar-refractivity contribution is 7.80. The fourth-order valence-electron chi connectivity index (χ4n) is 2.72. The number of hydrogen-bond donors (Lipinski definition) is 1. The fraction of sp³-hybridized carbons (Fsp3) is 0.867. The second-order valence-corrected chi connectivity index (χ2v) is 6.45. The van der Waals surface area contributed by atoms with E-state index < -0.39 is 0 Å². The van der Waals surface area contributed by atoms with E-state index in [0.717, 1.165) is 13.1 Å². The van der Waals surface area contributed by atoms with Crippen LogP contribution < -0.4 is 5.73 Å². The lowest BCUT2D eigenvalue weighted by Crippen LogP contribution is -2.44. The third kappa shape index (κ3) is 6.72. The van der Waals surface area contributed by atoms with Crippen LogP contribution in [-0.2, 0) is 4.79 Å². The Morgan fingerprint density at radius 2 is 1.86 bits per heavy atom. The summed E-state index contributed by atoms with van der Waals surface area (Å²) in [6, 6.07) is 0.613. The van der Waals surface area contributed by atoms with Gasteiger partial charge in [-0.2, -0.15) is 0 Å². The van der Waals surface area contributed by atoms with Gasteiger partial charge in [-0.05, 0) is 39.5 Å². The molecule has 0 spiro atoms. The van der Waals surface area contributed by atoms with Crippen molar-refractivity contribution in [1.29, 1.82) is 0 Å². The van der Waals surface area contributed by atoms with E-state index in [1.54, 1.807) is 4.90 Å². The molecule has 2 N–H and O–H groups in total. The van der Waals surface area contributed by atoms with Gasteiger partial charge in [0.15, 0.2) is 0 Å². The predicted molar refractivity (Wildman–Crippen MR) is 91.4 cm³/mol. The van der Waals surface area contributed by atoms with Crippen LogP contribution in [0.2, 0.25) is 0 Å². The van der Waals surface area contributed by atoms with Crippen LogP contribution in [0, 0.1) is 0 Å². The summed E-state index contributed by atoms with van der Waals surface area (Å²) in [4.78, 5) is 19.1. The molecule has 1 aliphatic rings. The Morgan fingerprint density at radius 3 is 2.38 bits per heavy atom. The normalized spacial score (nSPS) is 17.1. The molecule has 1 fully saturated rings. The van der Waals surface area contributed by atoms with Crippen molar-refractivity contribution >= 4 is 23.1 Å². The van der Waals surface area contributed by atoms with E-state index in [0.29, 0.717) is 30.4 Å². The Morgan fingerprint density at radius 1 is 1.24 bits per heavy atom. The predicted octanol–water partition coefficient (Wildman–Crippen LogP) is 0.927. The number of carbonyl (C=O) groups is 1. The van der Waals surface area contributed by atoms with Crippen LogP contribution in [0.4, 0.5) is 0 Å². The molecule has 5 nitrogen and oxygen atoms in total. The highest BCUT2D eigenvalue weighted by atomic mass is 32.1. The quantitative estimate of drug-likeness (QED) is 0.676. The summed E-state index contributed by atoms with van der Waals surface area (Å²) in [6.45, 7) is 7.15. The van der Waals surface area contributed by atoms with Crippen LogP contribution >= 0.6 is 12.2 Å². The lowest BCUT2D eigenvalue weighted by atomic mass is 10.0. The molecule has 6 heteroatoms. The van der Waals surface area contributed by atoms with E-state index in [9.17, 15) is 4.79 Å². The smallest absolute Gasteiger partial charge is 0.223 e. The Kier molecular flexibility index (Phi) is 8.14. The van der Waals surface area contributed by atoms with Gasteiger partial charge in [0.25, 0.3) is 0 Å². The van der Waals surface area contributed by atoms with Crippen molar-refractivity contribution in [2.75, 3.05) is 46.8 Å². The van der Waals surface area contributed by atoms with E-state index >= 15 is 0 Å². The van der Waals surface area contributed by atoms with Gasteiger partial charge < -0.3 is 20.4 Å². The molecule has 0 unspecified atom stereocenters. The van der Waals surface area contributed by atoms with Gasteiger partial charge in [-0.15, -0.1) is 0 Å². The van der Waals surface area contributed by atoms with Crippen molar-refractivity contribution in [3.8, 4) is 0 Å². The van der Waals surface area contributed by atoms with E-state index in [1.165, 1.54) is 25.9 Å². The zero-order valence-electron chi connectivity index (χ0n) is 13.7. The van der Waals surface area contributed by atoms with Gasteiger partial charge in [-0.25, -0.2) is 0 Å². The average Bonchev–Trinajstić information content (AvgIpc) is 2.49. The number of amides is 1. The summed E-state index contributed by atoms with van der Waals surface area (Å²) in [5.41, 5.74) is 5.46. The molecule has 1 heterocycles. The maximum atomic E-state index is 12.0. The molecule has 21 heavy (non-hydrogen) atoms. The lowest BCUT2D eigenvalue weighted by Gasteiger charge is -2.36. The number of carbonyl (C=O) groups excluding carboxylic acids is 1. The molecule has 0 aromatic carbocycles. The second kappa shape index (κ2) is 9.33. The van der Waals surface area contributed by atoms with Crippen LogP contribution in [-0.4, -0.2) is 78.5 Å². The Bertz CT molecular complexity index is 343. The minimum Gasteiger partial charge on any atom is -0.393 e. The van der Waals surface area contributed by atoms with Crippen molar-refractivity contribution in [2.45, 2.75) is 38.6 Å². The molecule has 0 radical (unpaired) electrons. The molecule has 0 bridgehead atoms. The van der Waals surface area contributed by atoms with E-state index in [4.69, 9.17) is 18.0 Å². The fourth-order valence-corrected chi connectivity index (χ4v) is 2.82. The van der Waals surface area contributed by atoms with E-state index in [-0.39, 0.29) is 5.91 Å². The number of thiocarbonyl (C=S) groups is 1. The molecule has 0 aliphatic carbocycles. The van der Waals surface area contributed by atoms with Crippen LogP contribution in [0.3, 0.4) is 0 Å². The summed E-state index contributed by atoms with van der Waals surface area (Å²) in [5.74, 6) is 0.170. The van der Waals surface area contributed by atoms with Crippen molar-refractivity contribution in [2.24, 2.45) is 5.73 Å². The van der Waals surface area contributed by atoms with Gasteiger partial charge in [-0.1, -0.05) is 19.1 Å². The van der Waals surface area contributed by atoms with E-state index in [1.807, 2.05) is 7.05 Å². The van der Waals surface area contributed by atoms with Crippen molar-refractivity contribution in [3.63, 3.8) is 0 Å². The maximum absolute atomic E-state index is 12.0. The number of nitrogens with zero attached hydrogens (tertiary/aromatic N) is 3. The summed E-state index contributed by atoms with van der Waals surface area (Å²) in [7, 11) is 3.95. The monoisotopic (exact) mass is 314 g/mol. The third-order valence-corrected chi connectivity index (χ3v) is 4.63. The number of nitrogens with two attached hydrogens (primary N) is 1. The molecular weight excluding hydrogens is 284 g/mol. The number of piperidine rings is 1. The summed E-state index contributed by atoms with van der Waals surface area (Å²) in [5, 5.41) is 0. The molecule has 0 aromatic rings. The number of likely N-dealkylation sites (tertiary alicyclic amines) is 1. The van der Waals surface area contributed by atoms with E-state index in [2.05, 4.69) is 23.8 Å². The van der Waals surface area contributed by atoms with Gasteiger partial charge in [-0.3, -0.25) is 4.79 Å². The zero-order valence-corrected chi connectivity index (χ0v) is 14.5. The van der Waals surface area contributed by atoms with Crippen LogP contribution in [0.5, 0.6) is 0 Å². The summed E-state index contributed by atoms with van der Waals surface area (Å²) in [6.07, 6.45) is 3.58. The molecule has 0 atom stereocenters. The van der Waals surface area contributed by atoms with Gasteiger partial charge in [0.1, 0.15) is 0 Å². The Hall–Kier alpha value is -0.720. The topological polar surface area (TPSA) is 52.8 Å². The Balaban J connectivity index is 2.24. The highest BCUT2D eigenvalue weighted by Gasteiger charge is 2.22. The first-order chi connectivity index (χ1) is 9.93. The summed E-state index contributed by atoms with van der Waals surface area (Å²) < 4.78 is 0. The number of rotatable bonds is 8. The molecule has 1 amide bonds. The average molecular weight is 314 g/mol. The standard InChI is InChI=1S/C15H30N4OS/c1-4-19-11-5-13(6-12-19)17(2)10-8-15(20)18(3)9-7-14(16)21/h13H,4-12H2,1-3H3,(H2,16,21). The van der Waals surface area contributed by atoms with Crippen molar-refractivity contribution in [1.82, 2.24) is 14.7 Å². The first kappa shape index (κ1) is 18.3. The van der Waals surface area contributed by atoms with Gasteiger partial charge in [0.05, 0.1) is 4.99 Å². The first-order valence-electron chi connectivity index (χ1n) is 7.89. The van der Waals surface area contributed by atoms with Crippen LogP contribution in [0.25, 0.3) is 0 Å². The van der Waals surface area contributed by atoms with Crippen molar-refractivity contribution in [3.05, 3.63) is 0 Å². The molecule has 1 rings (SSSR count). The first-order valence-corrected chi connectivity index (χ1v) is 8.29. The minimum atomic E-state index is 0.170. The highest BCUT2D eigenvalue weighted by Crippen LogP contribution is 2.15. The van der Waals surface area contributed by atoms with Crippen LogP contribution in [0.1, 0.15) is 32.6 Å². The lowest BCUT2D eigenvalue weighted by molar-refractivity contribution is -0.130. The minimum absolute atomic E-state index is 0.170. The summed E-state index contributed by atoms with van der Waals surface area (Å²) >= 11 is 4.84. The molecule has 1 aliphatic heterocycles. The maximum Gasteiger partial charge on any atom is 0.223 e. The number of hydrogen-bond acceptors (Lipinski definition) is 4. The Labute approximate surface area is 134 Å². The second-order valence-electron chi connectivity index (χ2n) is 5.93. The van der Waals surface area contributed by atoms with Gasteiger partial charge >= 0.3 is 0 Å². The largest absolute Gasteiger partial charge is 0.393 e.